The zero-order valence-corrected chi connectivity index (χ0v) is 14.6. The van der Waals surface area contributed by atoms with Crippen LogP contribution in [0.4, 0.5) is 8.78 Å². The Balaban J connectivity index is 1.97. The number of benzene rings is 2. The highest BCUT2D eigenvalue weighted by atomic mass is 19.3. The van der Waals surface area contributed by atoms with Crippen molar-refractivity contribution in [3.63, 3.8) is 0 Å². The van der Waals surface area contributed by atoms with Crippen LogP contribution in [0.5, 0.6) is 5.75 Å². The van der Waals surface area contributed by atoms with Crippen molar-refractivity contribution in [2.75, 3.05) is 0 Å². The molecule has 0 heterocycles. The minimum atomic E-state index is -2.88. The Bertz CT molecular complexity index is 682. The molecule has 0 aliphatic rings. The smallest absolute Gasteiger partial charge is 0.387 e. The fourth-order valence-corrected chi connectivity index (χ4v) is 2.56. The maximum Gasteiger partial charge on any atom is 0.387 e. The lowest BCUT2D eigenvalue weighted by Gasteiger charge is -2.15. The molecule has 1 atom stereocenters. The third-order valence-electron chi connectivity index (χ3n) is 3.81. The first-order valence-corrected chi connectivity index (χ1v) is 8.29. The van der Waals surface area contributed by atoms with Crippen LogP contribution in [0.1, 0.15) is 48.3 Å². The number of alkyl halides is 2. The van der Waals surface area contributed by atoms with E-state index in [9.17, 15) is 13.6 Å². The summed E-state index contributed by atoms with van der Waals surface area (Å²) in [4.78, 5) is 12.3. The number of halogens is 2. The Hall–Kier alpha value is -2.43. The molecule has 0 saturated carbocycles. The quantitative estimate of drug-likeness (QED) is 0.767. The van der Waals surface area contributed by atoms with Crippen LogP contribution in [-0.4, -0.2) is 12.5 Å². The van der Waals surface area contributed by atoms with Crippen molar-refractivity contribution in [3.05, 3.63) is 65.2 Å². The van der Waals surface area contributed by atoms with E-state index in [0.717, 1.165) is 12.0 Å². The number of rotatable bonds is 7. The van der Waals surface area contributed by atoms with E-state index in [1.807, 2.05) is 19.1 Å². The van der Waals surface area contributed by atoms with E-state index in [-0.39, 0.29) is 17.7 Å². The third-order valence-corrected chi connectivity index (χ3v) is 3.81. The first kappa shape index (κ1) is 18.9. The van der Waals surface area contributed by atoms with Crippen molar-refractivity contribution in [3.8, 4) is 5.75 Å². The molecule has 1 N–H and O–H groups in total. The molecule has 2 aromatic carbocycles. The summed E-state index contributed by atoms with van der Waals surface area (Å²) in [6.07, 6.45) is 1.02. The van der Waals surface area contributed by atoms with Crippen LogP contribution in [0, 0.1) is 5.92 Å². The van der Waals surface area contributed by atoms with E-state index in [0.29, 0.717) is 11.5 Å². The predicted octanol–water partition coefficient (Wildman–Crippen LogP) is 4.98. The lowest BCUT2D eigenvalue weighted by atomic mass is 10.00. The summed E-state index contributed by atoms with van der Waals surface area (Å²) < 4.78 is 28.5. The normalized spacial score (nSPS) is 12.3. The molecule has 5 heteroatoms. The number of nitrogens with one attached hydrogen (secondary N) is 1. The Morgan fingerprint density at radius 1 is 1.00 bits per heavy atom. The van der Waals surface area contributed by atoms with Gasteiger partial charge >= 0.3 is 6.61 Å². The Morgan fingerprint density at radius 2 is 1.60 bits per heavy atom. The maximum absolute atomic E-state index is 12.3. The van der Waals surface area contributed by atoms with Crippen molar-refractivity contribution in [1.82, 2.24) is 5.32 Å². The van der Waals surface area contributed by atoms with E-state index < -0.39 is 6.61 Å². The summed E-state index contributed by atoms with van der Waals surface area (Å²) in [7, 11) is 0. The van der Waals surface area contributed by atoms with Crippen molar-refractivity contribution < 1.29 is 18.3 Å². The zero-order chi connectivity index (χ0) is 18.4. The summed E-state index contributed by atoms with van der Waals surface area (Å²) in [5.74, 6) is 0.364. The van der Waals surface area contributed by atoms with Gasteiger partial charge in [-0.3, -0.25) is 4.79 Å². The maximum atomic E-state index is 12.3. The molecule has 134 valence electrons. The van der Waals surface area contributed by atoms with Crippen LogP contribution < -0.4 is 10.1 Å². The molecule has 2 aromatic rings. The van der Waals surface area contributed by atoms with Gasteiger partial charge in [-0.25, -0.2) is 0 Å². The fourth-order valence-electron chi connectivity index (χ4n) is 2.56. The molecule has 0 bridgehead atoms. The van der Waals surface area contributed by atoms with Gasteiger partial charge in [0.1, 0.15) is 5.75 Å². The summed E-state index contributed by atoms with van der Waals surface area (Å²) in [5, 5.41) is 2.91. The van der Waals surface area contributed by atoms with Crippen molar-refractivity contribution >= 4 is 5.91 Å². The molecule has 25 heavy (non-hydrogen) atoms. The average Bonchev–Trinajstić information content (AvgIpc) is 2.55. The van der Waals surface area contributed by atoms with Crippen molar-refractivity contribution in [1.29, 1.82) is 0 Å². The fraction of sp³-hybridized carbons (Fsp3) is 0.350. The van der Waals surface area contributed by atoms with Gasteiger partial charge < -0.3 is 10.1 Å². The highest BCUT2D eigenvalue weighted by molar-refractivity contribution is 5.94. The number of hydrogen-bond donors (Lipinski definition) is 1. The van der Waals surface area contributed by atoms with Crippen LogP contribution in [0.25, 0.3) is 0 Å². The Kier molecular flexibility index (Phi) is 6.51. The van der Waals surface area contributed by atoms with Crippen LogP contribution >= 0.6 is 0 Å². The second-order valence-electron chi connectivity index (χ2n) is 6.44. The highest BCUT2D eigenvalue weighted by Crippen LogP contribution is 2.18. The lowest BCUT2D eigenvalue weighted by molar-refractivity contribution is -0.0498. The standard InChI is InChI=1S/C20H23F2NO2/c1-13(2)12-15-4-6-16(7-5-15)14(3)23-19(24)17-8-10-18(11-9-17)25-20(21)22/h4-11,13-14,20H,12H2,1-3H3,(H,23,24)/t14-/m0/s1. The van der Waals surface area contributed by atoms with E-state index in [1.165, 1.54) is 29.8 Å². The van der Waals surface area contributed by atoms with E-state index in [1.54, 1.807) is 0 Å². The van der Waals surface area contributed by atoms with E-state index in [2.05, 4.69) is 36.0 Å². The topological polar surface area (TPSA) is 38.3 Å². The molecule has 0 aliphatic heterocycles. The summed E-state index contributed by atoms with van der Waals surface area (Å²) in [6, 6.07) is 13.7. The lowest BCUT2D eigenvalue weighted by Crippen LogP contribution is -2.26. The molecule has 2 rings (SSSR count). The molecule has 0 saturated heterocycles. The summed E-state index contributed by atoms with van der Waals surface area (Å²) >= 11 is 0. The Morgan fingerprint density at radius 3 is 2.12 bits per heavy atom. The van der Waals surface area contributed by atoms with Crippen molar-refractivity contribution in [2.45, 2.75) is 39.8 Å². The van der Waals surface area contributed by atoms with Gasteiger partial charge in [-0.05, 0) is 54.7 Å². The van der Waals surface area contributed by atoms with Crippen LogP contribution in [0.3, 0.4) is 0 Å². The van der Waals surface area contributed by atoms with Gasteiger partial charge in [-0.2, -0.15) is 8.78 Å². The predicted molar refractivity (Wildman–Crippen MR) is 93.9 cm³/mol. The average molecular weight is 347 g/mol. The molecule has 0 aromatic heterocycles. The number of carbonyl (C=O) groups is 1. The monoisotopic (exact) mass is 347 g/mol. The number of ether oxygens (including phenoxy) is 1. The van der Waals surface area contributed by atoms with Crippen LogP contribution in [0.2, 0.25) is 0 Å². The van der Waals surface area contributed by atoms with Crippen LogP contribution in [-0.2, 0) is 6.42 Å². The zero-order valence-electron chi connectivity index (χ0n) is 14.6. The molecular formula is C20H23F2NO2. The number of carbonyl (C=O) groups excluding carboxylic acids is 1. The third kappa shape index (κ3) is 5.85. The van der Waals surface area contributed by atoms with Gasteiger partial charge in [-0.1, -0.05) is 38.1 Å². The van der Waals surface area contributed by atoms with Gasteiger partial charge in [0.05, 0.1) is 6.04 Å². The van der Waals surface area contributed by atoms with Gasteiger partial charge in [0.25, 0.3) is 5.91 Å². The first-order chi connectivity index (χ1) is 11.8. The highest BCUT2D eigenvalue weighted by Gasteiger charge is 2.12. The summed E-state index contributed by atoms with van der Waals surface area (Å²) in [6.45, 7) is 3.38. The van der Waals surface area contributed by atoms with Crippen molar-refractivity contribution in [2.24, 2.45) is 5.92 Å². The second-order valence-corrected chi connectivity index (χ2v) is 6.44. The van der Waals surface area contributed by atoms with Crippen LogP contribution in [0.15, 0.2) is 48.5 Å². The molecule has 0 aliphatic carbocycles. The minimum absolute atomic E-state index is 0.0281. The summed E-state index contributed by atoms with van der Waals surface area (Å²) in [5.41, 5.74) is 2.68. The van der Waals surface area contributed by atoms with Gasteiger partial charge in [0.15, 0.2) is 0 Å². The second kappa shape index (κ2) is 8.60. The largest absolute Gasteiger partial charge is 0.435 e. The first-order valence-electron chi connectivity index (χ1n) is 8.29. The number of amides is 1. The number of hydrogen-bond acceptors (Lipinski definition) is 2. The molecule has 0 unspecified atom stereocenters. The molecule has 0 fully saturated rings. The Labute approximate surface area is 147 Å². The molecular weight excluding hydrogens is 324 g/mol. The molecule has 0 radical (unpaired) electrons. The van der Waals surface area contributed by atoms with E-state index in [4.69, 9.17) is 0 Å². The van der Waals surface area contributed by atoms with Gasteiger partial charge in [-0.15, -0.1) is 0 Å². The van der Waals surface area contributed by atoms with Gasteiger partial charge in [0, 0.05) is 5.56 Å². The van der Waals surface area contributed by atoms with Gasteiger partial charge in [0.2, 0.25) is 0 Å². The van der Waals surface area contributed by atoms with E-state index >= 15 is 0 Å². The molecule has 1 amide bonds. The molecule has 0 spiro atoms. The molecule has 3 nitrogen and oxygen atoms in total. The SMILES string of the molecule is CC(C)Cc1ccc([C@H](C)NC(=O)c2ccc(OC(F)F)cc2)cc1. The minimum Gasteiger partial charge on any atom is -0.435 e.